The van der Waals surface area contributed by atoms with Crippen molar-refractivity contribution in [3.63, 3.8) is 0 Å². The molecule has 1 fully saturated rings. The van der Waals surface area contributed by atoms with Crippen LogP contribution in [0.5, 0.6) is 0 Å². The van der Waals surface area contributed by atoms with Crippen molar-refractivity contribution < 1.29 is 4.39 Å². The molecule has 0 saturated carbocycles. The summed E-state index contributed by atoms with van der Waals surface area (Å²) >= 11 is 2.06. The number of hydrogen-bond donors (Lipinski definition) is 1. The van der Waals surface area contributed by atoms with Gasteiger partial charge in [-0.25, -0.2) is 4.39 Å². The summed E-state index contributed by atoms with van der Waals surface area (Å²) in [5.41, 5.74) is 0.918. The molecule has 20 heavy (non-hydrogen) atoms. The molecule has 0 aromatic carbocycles. The van der Waals surface area contributed by atoms with Crippen molar-refractivity contribution in [3.8, 4) is 0 Å². The lowest BCUT2D eigenvalue weighted by Gasteiger charge is -2.38. The Morgan fingerprint density at radius 2 is 2.30 bits per heavy atom. The van der Waals surface area contributed by atoms with E-state index in [1.165, 1.54) is 18.0 Å². The fourth-order valence-corrected chi connectivity index (χ4v) is 3.80. The SMILES string of the molecule is CNC(CCN1CCSC(C)C1C)c1ccc(F)cn1. The first-order valence-corrected chi connectivity index (χ1v) is 8.31. The fraction of sp³-hybridized carbons (Fsp3) is 0.667. The molecule has 0 aliphatic carbocycles. The number of hydrogen-bond acceptors (Lipinski definition) is 4. The number of nitrogens with one attached hydrogen (secondary N) is 1. The molecule has 5 heteroatoms. The first kappa shape index (κ1) is 15.7. The summed E-state index contributed by atoms with van der Waals surface area (Å²) in [6, 6.07) is 4.06. The molecular weight excluding hydrogens is 273 g/mol. The highest BCUT2D eigenvalue weighted by Crippen LogP contribution is 2.25. The van der Waals surface area contributed by atoms with Crippen LogP contribution in [0.1, 0.15) is 32.0 Å². The fourth-order valence-electron chi connectivity index (χ4n) is 2.64. The van der Waals surface area contributed by atoms with Gasteiger partial charge in [-0.05, 0) is 32.5 Å². The van der Waals surface area contributed by atoms with E-state index in [9.17, 15) is 4.39 Å². The van der Waals surface area contributed by atoms with Gasteiger partial charge in [0.05, 0.1) is 17.9 Å². The molecule has 2 rings (SSSR count). The number of thioether (sulfide) groups is 1. The molecule has 1 aliphatic heterocycles. The second kappa shape index (κ2) is 7.38. The van der Waals surface area contributed by atoms with Crippen molar-refractivity contribution in [1.82, 2.24) is 15.2 Å². The summed E-state index contributed by atoms with van der Waals surface area (Å²) < 4.78 is 12.9. The highest BCUT2D eigenvalue weighted by Gasteiger charge is 2.25. The predicted molar refractivity (Wildman–Crippen MR) is 83.6 cm³/mol. The highest BCUT2D eigenvalue weighted by atomic mass is 32.2. The average molecular weight is 297 g/mol. The molecule has 3 atom stereocenters. The Labute approximate surface area is 125 Å². The Morgan fingerprint density at radius 3 is 2.95 bits per heavy atom. The van der Waals surface area contributed by atoms with Crippen LogP contribution in [0.2, 0.25) is 0 Å². The zero-order valence-electron chi connectivity index (χ0n) is 12.5. The maximum Gasteiger partial charge on any atom is 0.141 e. The molecule has 1 aromatic heterocycles. The van der Waals surface area contributed by atoms with Crippen LogP contribution in [0, 0.1) is 5.82 Å². The van der Waals surface area contributed by atoms with E-state index in [1.54, 1.807) is 6.07 Å². The van der Waals surface area contributed by atoms with Crippen molar-refractivity contribution in [2.24, 2.45) is 0 Å². The van der Waals surface area contributed by atoms with Gasteiger partial charge in [0.1, 0.15) is 5.82 Å². The Balaban J connectivity index is 1.92. The first-order valence-electron chi connectivity index (χ1n) is 7.26. The van der Waals surface area contributed by atoms with Crippen LogP contribution < -0.4 is 5.32 Å². The maximum absolute atomic E-state index is 12.9. The van der Waals surface area contributed by atoms with Gasteiger partial charge >= 0.3 is 0 Å². The predicted octanol–water partition coefficient (Wildman–Crippen LogP) is 2.70. The molecule has 112 valence electrons. The van der Waals surface area contributed by atoms with Crippen LogP contribution in [-0.4, -0.2) is 47.1 Å². The van der Waals surface area contributed by atoms with Gasteiger partial charge in [-0.15, -0.1) is 0 Å². The third-order valence-electron chi connectivity index (χ3n) is 4.18. The van der Waals surface area contributed by atoms with E-state index >= 15 is 0 Å². The highest BCUT2D eigenvalue weighted by molar-refractivity contribution is 8.00. The molecule has 0 bridgehead atoms. The Hall–Kier alpha value is -0.650. The van der Waals surface area contributed by atoms with Crippen molar-refractivity contribution in [2.75, 3.05) is 25.9 Å². The molecule has 0 radical (unpaired) electrons. The summed E-state index contributed by atoms with van der Waals surface area (Å²) in [4.78, 5) is 6.74. The molecular formula is C15H24FN3S. The van der Waals surface area contributed by atoms with E-state index in [-0.39, 0.29) is 11.9 Å². The molecule has 1 aromatic rings. The normalized spacial score (nSPS) is 25.6. The topological polar surface area (TPSA) is 28.2 Å². The standard InChI is InChI=1S/C15H24FN3S/c1-11-12(2)20-9-8-19(11)7-6-14(17-3)15-5-4-13(16)10-18-15/h4-5,10-12,14,17H,6-9H2,1-3H3. The average Bonchev–Trinajstić information content (AvgIpc) is 2.45. The van der Waals surface area contributed by atoms with Crippen molar-refractivity contribution >= 4 is 11.8 Å². The third kappa shape index (κ3) is 3.93. The molecule has 1 saturated heterocycles. The minimum atomic E-state index is -0.279. The molecule has 0 spiro atoms. The molecule has 0 amide bonds. The number of nitrogens with zero attached hydrogens (tertiary/aromatic N) is 2. The smallest absolute Gasteiger partial charge is 0.141 e. The lowest BCUT2D eigenvalue weighted by molar-refractivity contribution is 0.202. The Bertz CT molecular complexity index is 412. The third-order valence-corrected chi connectivity index (χ3v) is 5.51. The van der Waals surface area contributed by atoms with Gasteiger partial charge in [0.2, 0.25) is 0 Å². The van der Waals surface area contributed by atoms with Gasteiger partial charge in [-0.3, -0.25) is 9.88 Å². The Morgan fingerprint density at radius 1 is 1.50 bits per heavy atom. The summed E-state index contributed by atoms with van der Waals surface area (Å²) in [7, 11) is 1.94. The van der Waals surface area contributed by atoms with Gasteiger partial charge in [-0.2, -0.15) is 11.8 Å². The van der Waals surface area contributed by atoms with Crippen molar-refractivity contribution in [1.29, 1.82) is 0 Å². The van der Waals surface area contributed by atoms with Gasteiger partial charge in [0.25, 0.3) is 0 Å². The van der Waals surface area contributed by atoms with Crippen LogP contribution in [-0.2, 0) is 0 Å². The minimum Gasteiger partial charge on any atom is -0.312 e. The zero-order valence-corrected chi connectivity index (χ0v) is 13.3. The number of halogens is 1. The second-order valence-corrected chi connectivity index (χ2v) is 6.87. The quantitative estimate of drug-likeness (QED) is 0.904. The lowest BCUT2D eigenvalue weighted by Crippen LogP contribution is -2.45. The molecule has 1 aliphatic rings. The van der Waals surface area contributed by atoms with Crippen LogP contribution in [0.15, 0.2) is 18.3 Å². The number of rotatable bonds is 5. The van der Waals surface area contributed by atoms with E-state index in [0.717, 1.165) is 25.2 Å². The summed E-state index contributed by atoms with van der Waals surface area (Å²) in [5.74, 6) is 0.934. The molecule has 1 N–H and O–H groups in total. The van der Waals surface area contributed by atoms with E-state index in [4.69, 9.17) is 0 Å². The van der Waals surface area contributed by atoms with Crippen molar-refractivity contribution in [3.05, 3.63) is 29.8 Å². The first-order chi connectivity index (χ1) is 9.61. The van der Waals surface area contributed by atoms with Crippen LogP contribution in [0.3, 0.4) is 0 Å². The van der Waals surface area contributed by atoms with E-state index in [1.807, 2.05) is 7.05 Å². The minimum absolute atomic E-state index is 0.188. The Kier molecular flexibility index (Phi) is 5.81. The summed E-state index contributed by atoms with van der Waals surface area (Å²) in [6.45, 7) is 6.82. The monoisotopic (exact) mass is 297 g/mol. The zero-order chi connectivity index (χ0) is 14.5. The van der Waals surface area contributed by atoms with Crippen LogP contribution in [0.25, 0.3) is 0 Å². The van der Waals surface area contributed by atoms with Crippen molar-refractivity contribution in [2.45, 2.75) is 37.6 Å². The lowest BCUT2D eigenvalue weighted by atomic mass is 10.1. The number of pyridine rings is 1. The maximum atomic E-state index is 12.9. The van der Waals surface area contributed by atoms with Crippen LogP contribution >= 0.6 is 11.8 Å². The van der Waals surface area contributed by atoms with Gasteiger partial charge in [0, 0.05) is 30.1 Å². The van der Waals surface area contributed by atoms with Gasteiger partial charge in [-0.1, -0.05) is 6.92 Å². The molecule has 2 heterocycles. The van der Waals surface area contributed by atoms with E-state index in [0.29, 0.717) is 11.3 Å². The van der Waals surface area contributed by atoms with E-state index < -0.39 is 0 Å². The second-order valence-electron chi connectivity index (χ2n) is 5.38. The van der Waals surface area contributed by atoms with Gasteiger partial charge in [0.15, 0.2) is 0 Å². The molecule has 3 nitrogen and oxygen atoms in total. The van der Waals surface area contributed by atoms with E-state index in [2.05, 4.69) is 40.8 Å². The summed E-state index contributed by atoms with van der Waals surface area (Å²) in [5, 5.41) is 3.98. The van der Waals surface area contributed by atoms with Gasteiger partial charge < -0.3 is 5.32 Å². The van der Waals surface area contributed by atoms with Crippen LogP contribution in [0.4, 0.5) is 4.39 Å². The summed E-state index contributed by atoms with van der Waals surface area (Å²) in [6.07, 6.45) is 2.29. The molecule has 3 unspecified atom stereocenters. The largest absolute Gasteiger partial charge is 0.312 e. The number of aromatic nitrogens is 1.